The molecule has 25 heavy (non-hydrogen) atoms. The second-order valence-electron chi connectivity index (χ2n) is 5.86. The normalized spacial score (nSPS) is 10.3. The minimum absolute atomic E-state index is 0.0748. The Morgan fingerprint density at radius 1 is 1.04 bits per heavy atom. The molecule has 0 spiro atoms. The second kappa shape index (κ2) is 8.06. The molecule has 0 radical (unpaired) electrons. The Labute approximate surface area is 147 Å². The molecular formula is C20H20N4O. The van der Waals surface area contributed by atoms with E-state index in [2.05, 4.69) is 20.6 Å². The third kappa shape index (κ3) is 5.14. The zero-order chi connectivity index (χ0) is 17.5. The topological polar surface area (TPSA) is 66.9 Å². The van der Waals surface area contributed by atoms with Crippen molar-refractivity contribution in [3.63, 3.8) is 0 Å². The monoisotopic (exact) mass is 332 g/mol. The maximum atomic E-state index is 12.1. The molecule has 2 aromatic heterocycles. The summed E-state index contributed by atoms with van der Waals surface area (Å²) in [5, 5.41) is 6.10. The molecule has 0 saturated heterocycles. The Morgan fingerprint density at radius 3 is 2.64 bits per heavy atom. The molecule has 5 nitrogen and oxygen atoms in total. The van der Waals surface area contributed by atoms with Gasteiger partial charge >= 0.3 is 0 Å². The van der Waals surface area contributed by atoms with Gasteiger partial charge in [-0.2, -0.15) is 0 Å². The number of carbonyl (C=O) groups is 1. The van der Waals surface area contributed by atoms with E-state index in [0.29, 0.717) is 18.8 Å². The molecule has 3 rings (SSSR count). The van der Waals surface area contributed by atoms with Crippen LogP contribution in [0, 0.1) is 6.92 Å². The summed E-state index contributed by atoms with van der Waals surface area (Å²) in [4.78, 5) is 20.5. The van der Waals surface area contributed by atoms with Gasteiger partial charge in [0.2, 0.25) is 5.91 Å². The van der Waals surface area contributed by atoms with Crippen LogP contribution in [0.2, 0.25) is 0 Å². The molecule has 0 saturated carbocycles. The number of aryl methyl sites for hydroxylation is 1. The van der Waals surface area contributed by atoms with E-state index < -0.39 is 0 Å². The van der Waals surface area contributed by atoms with Crippen LogP contribution in [0.1, 0.15) is 16.7 Å². The molecule has 0 unspecified atom stereocenters. The van der Waals surface area contributed by atoms with E-state index in [1.54, 1.807) is 18.5 Å². The van der Waals surface area contributed by atoms with Gasteiger partial charge in [-0.05, 0) is 36.2 Å². The summed E-state index contributed by atoms with van der Waals surface area (Å²) in [5.41, 5.74) is 4.12. The molecule has 3 aromatic rings. The van der Waals surface area contributed by atoms with Crippen molar-refractivity contribution < 1.29 is 4.79 Å². The zero-order valence-electron chi connectivity index (χ0n) is 14.1. The van der Waals surface area contributed by atoms with Crippen LogP contribution in [0.4, 0.5) is 11.5 Å². The average molecular weight is 332 g/mol. The van der Waals surface area contributed by atoms with Crippen molar-refractivity contribution in [3.05, 3.63) is 83.8 Å². The lowest BCUT2D eigenvalue weighted by Crippen LogP contribution is -2.15. The molecule has 0 bridgehead atoms. The molecule has 0 aliphatic heterocycles. The lowest BCUT2D eigenvalue weighted by molar-refractivity contribution is -0.115. The van der Waals surface area contributed by atoms with Gasteiger partial charge in [-0.1, -0.05) is 35.9 Å². The average Bonchev–Trinajstić information content (AvgIpc) is 2.62. The van der Waals surface area contributed by atoms with E-state index in [1.807, 2.05) is 55.6 Å². The summed E-state index contributed by atoms with van der Waals surface area (Å²) in [6, 6.07) is 15.5. The van der Waals surface area contributed by atoms with Gasteiger partial charge in [-0.3, -0.25) is 9.78 Å². The fourth-order valence-electron chi connectivity index (χ4n) is 2.47. The highest BCUT2D eigenvalue weighted by Crippen LogP contribution is 2.12. The Kier molecular flexibility index (Phi) is 5.36. The number of anilines is 2. The summed E-state index contributed by atoms with van der Waals surface area (Å²) in [6.07, 6.45) is 5.61. The minimum Gasteiger partial charge on any atom is -0.380 e. The molecule has 5 heteroatoms. The highest BCUT2D eigenvalue weighted by molar-refractivity contribution is 5.91. The van der Waals surface area contributed by atoms with Crippen molar-refractivity contribution in [2.75, 3.05) is 10.6 Å². The number of rotatable bonds is 6. The summed E-state index contributed by atoms with van der Waals surface area (Å²) in [6.45, 7) is 2.69. The van der Waals surface area contributed by atoms with Crippen LogP contribution >= 0.6 is 0 Å². The third-order valence-electron chi connectivity index (χ3n) is 3.70. The summed E-state index contributed by atoms with van der Waals surface area (Å²) < 4.78 is 0. The minimum atomic E-state index is -0.0748. The van der Waals surface area contributed by atoms with Crippen LogP contribution in [0.25, 0.3) is 0 Å². The smallest absolute Gasteiger partial charge is 0.229 e. The number of benzene rings is 1. The van der Waals surface area contributed by atoms with Crippen molar-refractivity contribution >= 4 is 17.4 Å². The van der Waals surface area contributed by atoms with Crippen molar-refractivity contribution in [1.82, 2.24) is 9.97 Å². The molecule has 126 valence electrons. The Bertz CT molecular complexity index is 832. The zero-order valence-corrected chi connectivity index (χ0v) is 14.1. The molecule has 2 N–H and O–H groups in total. The van der Waals surface area contributed by atoms with Gasteiger partial charge in [0.05, 0.1) is 18.3 Å². The lowest BCUT2D eigenvalue weighted by Gasteiger charge is -2.08. The van der Waals surface area contributed by atoms with E-state index >= 15 is 0 Å². The third-order valence-corrected chi connectivity index (χ3v) is 3.70. The number of hydrogen-bond acceptors (Lipinski definition) is 4. The molecule has 0 aliphatic carbocycles. The van der Waals surface area contributed by atoms with E-state index in [4.69, 9.17) is 0 Å². The van der Waals surface area contributed by atoms with Crippen molar-refractivity contribution in [3.8, 4) is 0 Å². The first-order valence-electron chi connectivity index (χ1n) is 8.13. The van der Waals surface area contributed by atoms with Gasteiger partial charge in [0.1, 0.15) is 5.82 Å². The Hall–Kier alpha value is -3.21. The Balaban J connectivity index is 1.52. The van der Waals surface area contributed by atoms with Crippen molar-refractivity contribution in [1.29, 1.82) is 0 Å². The quantitative estimate of drug-likeness (QED) is 0.724. The predicted octanol–water partition coefficient (Wildman–Crippen LogP) is 3.58. The SMILES string of the molecule is Cc1cccc(CC(=O)Nc2ccc(NCc3cccnc3)cn2)c1. The van der Waals surface area contributed by atoms with E-state index in [9.17, 15) is 4.79 Å². The van der Waals surface area contributed by atoms with Crippen LogP contribution in [0.3, 0.4) is 0 Å². The first-order valence-corrected chi connectivity index (χ1v) is 8.13. The molecule has 2 heterocycles. The van der Waals surface area contributed by atoms with Crippen LogP contribution in [0.15, 0.2) is 67.1 Å². The molecule has 0 fully saturated rings. The number of nitrogens with zero attached hydrogens (tertiary/aromatic N) is 2. The first kappa shape index (κ1) is 16.6. The van der Waals surface area contributed by atoms with Crippen LogP contribution in [-0.4, -0.2) is 15.9 Å². The Morgan fingerprint density at radius 2 is 1.92 bits per heavy atom. The highest BCUT2D eigenvalue weighted by atomic mass is 16.1. The second-order valence-corrected chi connectivity index (χ2v) is 5.86. The molecule has 0 aliphatic rings. The highest BCUT2D eigenvalue weighted by Gasteiger charge is 2.05. The molecule has 1 aromatic carbocycles. The fraction of sp³-hybridized carbons (Fsp3) is 0.150. The largest absolute Gasteiger partial charge is 0.380 e. The van der Waals surface area contributed by atoms with Crippen molar-refractivity contribution in [2.45, 2.75) is 19.9 Å². The van der Waals surface area contributed by atoms with E-state index in [-0.39, 0.29) is 5.91 Å². The van der Waals surface area contributed by atoms with Gasteiger partial charge in [-0.15, -0.1) is 0 Å². The number of carbonyl (C=O) groups excluding carboxylic acids is 1. The van der Waals surface area contributed by atoms with Gasteiger partial charge in [0.15, 0.2) is 0 Å². The summed E-state index contributed by atoms with van der Waals surface area (Å²) >= 11 is 0. The van der Waals surface area contributed by atoms with Crippen molar-refractivity contribution in [2.24, 2.45) is 0 Å². The van der Waals surface area contributed by atoms with Crippen LogP contribution in [0.5, 0.6) is 0 Å². The van der Waals surface area contributed by atoms with Gasteiger partial charge < -0.3 is 10.6 Å². The molecular weight excluding hydrogens is 312 g/mol. The maximum Gasteiger partial charge on any atom is 0.229 e. The van der Waals surface area contributed by atoms with E-state index in [1.165, 1.54) is 0 Å². The fourth-order valence-corrected chi connectivity index (χ4v) is 2.47. The number of aromatic nitrogens is 2. The number of amides is 1. The standard InChI is InChI=1S/C20H20N4O/c1-15-4-2-5-16(10-15)11-20(25)24-19-8-7-18(14-23-19)22-13-17-6-3-9-21-12-17/h2-10,12,14,22H,11,13H2,1H3,(H,23,24,25). The number of hydrogen-bond donors (Lipinski definition) is 2. The van der Waals surface area contributed by atoms with Gasteiger partial charge in [-0.25, -0.2) is 4.98 Å². The van der Waals surface area contributed by atoms with Crippen LogP contribution < -0.4 is 10.6 Å². The molecule has 1 amide bonds. The number of nitrogens with one attached hydrogen (secondary N) is 2. The van der Waals surface area contributed by atoms with Gasteiger partial charge in [0, 0.05) is 18.9 Å². The predicted molar refractivity (Wildman–Crippen MR) is 99.3 cm³/mol. The summed E-state index contributed by atoms with van der Waals surface area (Å²) in [5.74, 6) is 0.471. The molecule has 0 atom stereocenters. The van der Waals surface area contributed by atoms with E-state index in [0.717, 1.165) is 22.4 Å². The first-order chi connectivity index (χ1) is 12.2. The number of pyridine rings is 2. The van der Waals surface area contributed by atoms with Crippen LogP contribution in [-0.2, 0) is 17.8 Å². The summed E-state index contributed by atoms with van der Waals surface area (Å²) in [7, 11) is 0. The lowest BCUT2D eigenvalue weighted by atomic mass is 10.1. The van der Waals surface area contributed by atoms with Gasteiger partial charge in [0.25, 0.3) is 0 Å². The maximum absolute atomic E-state index is 12.1.